The van der Waals surface area contributed by atoms with Gasteiger partial charge in [0.05, 0.1) is 27.3 Å². The zero-order valence-electron chi connectivity index (χ0n) is 17.0. The van der Waals surface area contributed by atoms with Crippen LogP contribution in [-0.4, -0.2) is 25.3 Å². The molecule has 3 aromatic rings. The molecule has 6 nitrogen and oxygen atoms in total. The number of anilines is 1. The maximum absolute atomic E-state index is 13.3. The van der Waals surface area contributed by atoms with Crippen molar-refractivity contribution in [3.63, 3.8) is 0 Å². The Hall–Kier alpha value is -2.61. The molecule has 0 saturated carbocycles. The van der Waals surface area contributed by atoms with E-state index in [-0.39, 0.29) is 33.0 Å². The van der Waals surface area contributed by atoms with E-state index in [1.807, 2.05) is 13.8 Å². The molecule has 0 atom stereocenters. The Labute approximate surface area is 191 Å². The molecule has 0 fully saturated rings. The Morgan fingerprint density at radius 1 is 1.10 bits per heavy atom. The molecule has 0 unspecified atom stereocenters. The van der Waals surface area contributed by atoms with Gasteiger partial charge in [0.15, 0.2) is 0 Å². The van der Waals surface area contributed by atoms with Crippen molar-refractivity contribution >= 4 is 44.7 Å². The van der Waals surface area contributed by atoms with Gasteiger partial charge in [0, 0.05) is 11.2 Å². The number of benzene rings is 2. The standard InChI is InChI=1S/C22H20Cl2N2O4S/c1-13(2)30-20-7-5-4-6-17(20)22(27)21-19(11-15(23)12-25-21)26-31(28,29)16-8-9-18(24)14(3)10-16/h4-13,26H,1-3H3. The van der Waals surface area contributed by atoms with E-state index in [1.54, 1.807) is 31.2 Å². The third-order valence-electron chi connectivity index (χ3n) is 4.25. The number of nitrogens with zero attached hydrogens (tertiary/aromatic N) is 1. The Balaban J connectivity index is 2.04. The molecule has 1 heterocycles. The van der Waals surface area contributed by atoms with Crippen LogP contribution in [-0.2, 0) is 10.0 Å². The molecule has 0 spiro atoms. The molecular weight excluding hydrogens is 459 g/mol. The minimum atomic E-state index is -4.03. The van der Waals surface area contributed by atoms with E-state index in [0.29, 0.717) is 16.3 Å². The van der Waals surface area contributed by atoms with Gasteiger partial charge in [-0.3, -0.25) is 9.52 Å². The number of aryl methyl sites for hydroxylation is 1. The van der Waals surface area contributed by atoms with Crippen molar-refractivity contribution in [1.29, 1.82) is 0 Å². The van der Waals surface area contributed by atoms with Crippen LogP contribution in [0.5, 0.6) is 5.75 Å². The molecule has 31 heavy (non-hydrogen) atoms. The molecule has 0 radical (unpaired) electrons. The smallest absolute Gasteiger partial charge is 0.261 e. The number of aromatic nitrogens is 1. The van der Waals surface area contributed by atoms with E-state index in [0.717, 1.165) is 0 Å². The molecule has 0 amide bonds. The first-order valence-corrected chi connectivity index (χ1v) is 11.6. The normalized spacial score (nSPS) is 11.4. The summed E-state index contributed by atoms with van der Waals surface area (Å²) in [5, 5.41) is 0.620. The summed E-state index contributed by atoms with van der Waals surface area (Å²) in [5.74, 6) is -0.126. The van der Waals surface area contributed by atoms with Crippen molar-refractivity contribution in [2.24, 2.45) is 0 Å². The number of rotatable bonds is 7. The summed E-state index contributed by atoms with van der Waals surface area (Å²) in [6.07, 6.45) is 1.13. The predicted octanol–water partition coefficient (Wildman–Crippen LogP) is 5.52. The Bertz CT molecular complexity index is 1240. The highest BCUT2D eigenvalue weighted by molar-refractivity contribution is 7.92. The van der Waals surface area contributed by atoms with Crippen LogP contribution in [0.2, 0.25) is 10.0 Å². The number of para-hydroxylation sites is 1. The zero-order valence-corrected chi connectivity index (χ0v) is 19.3. The molecule has 162 valence electrons. The predicted molar refractivity (Wildman–Crippen MR) is 122 cm³/mol. The number of hydrogen-bond donors (Lipinski definition) is 1. The summed E-state index contributed by atoms with van der Waals surface area (Å²) < 4.78 is 34.0. The molecule has 3 rings (SSSR count). The Morgan fingerprint density at radius 2 is 1.81 bits per heavy atom. The minimum absolute atomic E-state index is 0.00341. The maximum Gasteiger partial charge on any atom is 0.261 e. The monoisotopic (exact) mass is 478 g/mol. The number of carbonyl (C=O) groups is 1. The SMILES string of the molecule is Cc1cc(S(=O)(=O)Nc2cc(Cl)cnc2C(=O)c2ccccc2OC(C)C)ccc1Cl. The van der Waals surface area contributed by atoms with Crippen molar-refractivity contribution in [3.05, 3.63) is 81.6 Å². The number of pyridine rings is 1. The quantitative estimate of drug-likeness (QED) is 0.452. The number of ether oxygens (including phenoxy) is 1. The number of carbonyl (C=O) groups excluding carboxylic acids is 1. The topological polar surface area (TPSA) is 85.4 Å². The van der Waals surface area contributed by atoms with Gasteiger partial charge in [-0.1, -0.05) is 35.3 Å². The average Bonchev–Trinajstić information content (AvgIpc) is 2.69. The summed E-state index contributed by atoms with van der Waals surface area (Å²) in [6.45, 7) is 5.38. The molecule has 0 bridgehead atoms. The van der Waals surface area contributed by atoms with Crippen LogP contribution >= 0.6 is 23.2 Å². The van der Waals surface area contributed by atoms with Crippen LogP contribution in [0.3, 0.4) is 0 Å². The van der Waals surface area contributed by atoms with Crippen molar-refractivity contribution in [3.8, 4) is 5.75 Å². The maximum atomic E-state index is 13.3. The number of ketones is 1. The highest BCUT2D eigenvalue weighted by atomic mass is 35.5. The van der Waals surface area contributed by atoms with Crippen LogP contribution in [0.15, 0.2) is 59.6 Å². The first-order chi connectivity index (χ1) is 14.6. The van der Waals surface area contributed by atoms with Crippen LogP contribution < -0.4 is 9.46 Å². The van der Waals surface area contributed by atoms with E-state index in [9.17, 15) is 13.2 Å². The molecule has 1 aromatic heterocycles. The number of nitrogens with one attached hydrogen (secondary N) is 1. The third kappa shape index (κ3) is 5.36. The largest absolute Gasteiger partial charge is 0.490 e. The second-order valence-electron chi connectivity index (χ2n) is 7.06. The minimum Gasteiger partial charge on any atom is -0.490 e. The van der Waals surface area contributed by atoms with E-state index in [2.05, 4.69) is 9.71 Å². The molecule has 0 aliphatic heterocycles. The van der Waals surface area contributed by atoms with Gasteiger partial charge in [-0.2, -0.15) is 0 Å². The molecule has 9 heteroatoms. The van der Waals surface area contributed by atoms with Crippen molar-refractivity contribution in [2.45, 2.75) is 31.8 Å². The fourth-order valence-corrected chi connectivity index (χ4v) is 4.24. The van der Waals surface area contributed by atoms with Gasteiger partial charge >= 0.3 is 0 Å². The van der Waals surface area contributed by atoms with Gasteiger partial charge in [-0.05, 0) is 62.7 Å². The lowest BCUT2D eigenvalue weighted by molar-refractivity contribution is 0.102. The lowest BCUT2D eigenvalue weighted by Gasteiger charge is -2.15. The third-order valence-corrected chi connectivity index (χ3v) is 6.24. The van der Waals surface area contributed by atoms with E-state index in [4.69, 9.17) is 27.9 Å². The van der Waals surface area contributed by atoms with Gasteiger partial charge in [-0.25, -0.2) is 13.4 Å². The molecular formula is C22H20Cl2N2O4S. The van der Waals surface area contributed by atoms with E-state index < -0.39 is 15.8 Å². The van der Waals surface area contributed by atoms with Crippen molar-refractivity contribution in [2.75, 3.05) is 4.72 Å². The molecule has 0 aliphatic rings. The fraction of sp³-hybridized carbons (Fsp3) is 0.182. The zero-order chi connectivity index (χ0) is 22.8. The second kappa shape index (κ2) is 9.26. The average molecular weight is 479 g/mol. The number of halogens is 2. The van der Waals surface area contributed by atoms with Crippen LogP contribution in [0, 0.1) is 6.92 Å². The molecule has 2 aromatic carbocycles. The highest BCUT2D eigenvalue weighted by Gasteiger charge is 2.24. The molecule has 0 aliphatic carbocycles. The van der Waals surface area contributed by atoms with E-state index in [1.165, 1.54) is 30.5 Å². The summed E-state index contributed by atoms with van der Waals surface area (Å²) in [4.78, 5) is 17.4. The van der Waals surface area contributed by atoms with Crippen molar-refractivity contribution < 1.29 is 17.9 Å². The van der Waals surface area contributed by atoms with Gasteiger partial charge in [-0.15, -0.1) is 0 Å². The van der Waals surface area contributed by atoms with Crippen LogP contribution in [0.1, 0.15) is 35.5 Å². The first-order valence-electron chi connectivity index (χ1n) is 9.33. The number of sulfonamides is 1. The van der Waals surface area contributed by atoms with E-state index >= 15 is 0 Å². The first kappa shape index (κ1) is 23.1. The summed E-state index contributed by atoms with van der Waals surface area (Å²) in [7, 11) is -4.03. The second-order valence-corrected chi connectivity index (χ2v) is 9.58. The van der Waals surface area contributed by atoms with Crippen LogP contribution in [0.4, 0.5) is 5.69 Å². The summed E-state index contributed by atoms with van der Waals surface area (Å²) in [6, 6.07) is 12.4. The van der Waals surface area contributed by atoms with Crippen molar-refractivity contribution in [1.82, 2.24) is 4.98 Å². The fourth-order valence-electron chi connectivity index (χ4n) is 2.82. The summed E-state index contributed by atoms with van der Waals surface area (Å²) in [5.41, 5.74) is 0.724. The highest BCUT2D eigenvalue weighted by Crippen LogP contribution is 2.29. The Kier molecular flexibility index (Phi) is 6.89. The molecule has 1 N–H and O–H groups in total. The van der Waals surface area contributed by atoms with Gasteiger partial charge < -0.3 is 4.74 Å². The lowest BCUT2D eigenvalue weighted by atomic mass is 10.1. The number of hydrogen-bond acceptors (Lipinski definition) is 5. The Morgan fingerprint density at radius 3 is 2.48 bits per heavy atom. The van der Waals surface area contributed by atoms with Crippen LogP contribution in [0.25, 0.3) is 0 Å². The lowest BCUT2D eigenvalue weighted by Crippen LogP contribution is -2.18. The van der Waals surface area contributed by atoms with Gasteiger partial charge in [0.1, 0.15) is 11.4 Å². The summed E-state index contributed by atoms with van der Waals surface area (Å²) >= 11 is 12.0. The van der Waals surface area contributed by atoms with Gasteiger partial charge in [0.25, 0.3) is 10.0 Å². The molecule has 0 saturated heterocycles. The van der Waals surface area contributed by atoms with Gasteiger partial charge in [0.2, 0.25) is 5.78 Å².